The van der Waals surface area contributed by atoms with E-state index in [4.69, 9.17) is 0 Å². The average molecular weight is 245 g/mol. The molecule has 1 aromatic carbocycles. The fourth-order valence-electron chi connectivity index (χ4n) is 2.08. The van der Waals surface area contributed by atoms with E-state index in [1.807, 2.05) is 41.0 Å². The molecule has 0 amide bonds. The van der Waals surface area contributed by atoms with Crippen LogP contribution in [-0.4, -0.2) is 27.3 Å². The number of rotatable bonds is 3. The molecule has 0 radical (unpaired) electrons. The number of nitrogens with one attached hydrogen (secondary N) is 1. The summed E-state index contributed by atoms with van der Waals surface area (Å²) >= 11 is 2.02. The molecule has 1 fully saturated rings. The summed E-state index contributed by atoms with van der Waals surface area (Å²) in [5.41, 5.74) is 2.29. The molecule has 4 heteroatoms. The second kappa shape index (κ2) is 4.84. The maximum atomic E-state index is 4.29. The molecule has 0 bridgehead atoms. The zero-order valence-electron chi connectivity index (χ0n) is 9.54. The van der Waals surface area contributed by atoms with Crippen LogP contribution in [0.3, 0.4) is 0 Å². The van der Waals surface area contributed by atoms with Gasteiger partial charge in [0.05, 0.1) is 11.4 Å². The Labute approximate surface area is 105 Å². The van der Waals surface area contributed by atoms with Gasteiger partial charge in [0.15, 0.2) is 0 Å². The van der Waals surface area contributed by atoms with Gasteiger partial charge in [-0.3, -0.25) is 0 Å². The second-order valence-electron chi connectivity index (χ2n) is 4.17. The van der Waals surface area contributed by atoms with Crippen molar-refractivity contribution in [1.82, 2.24) is 9.78 Å². The van der Waals surface area contributed by atoms with E-state index in [1.54, 1.807) is 0 Å². The van der Waals surface area contributed by atoms with E-state index < -0.39 is 0 Å². The van der Waals surface area contributed by atoms with Crippen LogP contribution in [0.4, 0.5) is 5.69 Å². The number of para-hydroxylation sites is 2. The third-order valence-corrected chi connectivity index (χ3v) is 4.11. The lowest BCUT2D eigenvalue weighted by atomic mass is 10.2. The van der Waals surface area contributed by atoms with E-state index in [1.165, 1.54) is 23.6 Å². The van der Waals surface area contributed by atoms with E-state index in [0.717, 1.165) is 5.69 Å². The lowest BCUT2D eigenvalue weighted by molar-refractivity contribution is 0.805. The van der Waals surface area contributed by atoms with Crippen molar-refractivity contribution < 1.29 is 0 Å². The highest BCUT2D eigenvalue weighted by Gasteiger charge is 2.16. The molecular weight excluding hydrogens is 230 g/mol. The molecule has 0 saturated carbocycles. The van der Waals surface area contributed by atoms with Crippen molar-refractivity contribution in [2.24, 2.45) is 0 Å². The standard InChI is InChI=1S/C13H15N3S/c1-2-5-13(16-8-3-7-14-16)12(4-1)15-11-6-9-17-10-11/h1-5,7-8,11,15H,6,9-10H2. The van der Waals surface area contributed by atoms with Gasteiger partial charge < -0.3 is 5.32 Å². The first-order valence-corrected chi connectivity index (χ1v) is 7.02. The molecule has 3 nitrogen and oxygen atoms in total. The monoisotopic (exact) mass is 245 g/mol. The molecule has 3 rings (SSSR count). The maximum absolute atomic E-state index is 4.29. The van der Waals surface area contributed by atoms with Gasteiger partial charge in [-0.2, -0.15) is 16.9 Å². The summed E-state index contributed by atoms with van der Waals surface area (Å²) in [5, 5.41) is 7.91. The Hall–Kier alpha value is -1.42. The van der Waals surface area contributed by atoms with Crippen LogP contribution in [0, 0.1) is 0 Å². The van der Waals surface area contributed by atoms with Crippen molar-refractivity contribution in [2.75, 3.05) is 16.8 Å². The van der Waals surface area contributed by atoms with Gasteiger partial charge >= 0.3 is 0 Å². The van der Waals surface area contributed by atoms with Crippen LogP contribution in [0.5, 0.6) is 0 Å². The molecule has 1 aliphatic heterocycles. The zero-order valence-corrected chi connectivity index (χ0v) is 10.4. The Morgan fingerprint density at radius 3 is 3.00 bits per heavy atom. The van der Waals surface area contributed by atoms with Gasteiger partial charge in [-0.1, -0.05) is 12.1 Å². The molecule has 88 valence electrons. The summed E-state index contributed by atoms with van der Waals surface area (Å²) in [7, 11) is 0. The van der Waals surface area contributed by atoms with Crippen molar-refractivity contribution in [1.29, 1.82) is 0 Å². The average Bonchev–Trinajstić information content (AvgIpc) is 3.01. The molecule has 1 aliphatic rings. The molecule has 1 N–H and O–H groups in total. The van der Waals surface area contributed by atoms with E-state index >= 15 is 0 Å². The van der Waals surface area contributed by atoms with Crippen LogP contribution >= 0.6 is 11.8 Å². The molecular formula is C13H15N3S. The lowest BCUT2D eigenvalue weighted by Gasteiger charge is -2.16. The predicted molar refractivity (Wildman–Crippen MR) is 72.9 cm³/mol. The largest absolute Gasteiger partial charge is 0.380 e. The molecule has 1 aromatic heterocycles. The molecule has 0 spiro atoms. The maximum Gasteiger partial charge on any atom is 0.0876 e. The number of benzene rings is 1. The number of hydrogen-bond donors (Lipinski definition) is 1. The number of aromatic nitrogens is 2. The van der Waals surface area contributed by atoms with Gasteiger partial charge in [0, 0.05) is 24.2 Å². The highest BCUT2D eigenvalue weighted by molar-refractivity contribution is 7.99. The molecule has 2 aromatic rings. The van der Waals surface area contributed by atoms with Gasteiger partial charge in [-0.15, -0.1) is 0 Å². The fraction of sp³-hybridized carbons (Fsp3) is 0.308. The molecule has 1 unspecified atom stereocenters. The summed E-state index contributed by atoms with van der Waals surface area (Å²) in [6.07, 6.45) is 5.03. The van der Waals surface area contributed by atoms with Crippen molar-refractivity contribution in [3.05, 3.63) is 42.7 Å². The molecule has 2 heterocycles. The molecule has 17 heavy (non-hydrogen) atoms. The number of nitrogens with zero attached hydrogens (tertiary/aromatic N) is 2. The summed E-state index contributed by atoms with van der Waals surface area (Å²) in [6.45, 7) is 0. The van der Waals surface area contributed by atoms with Crippen molar-refractivity contribution in [3.8, 4) is 5.69 Å². The van der Waals surface area contributed by atoms with E-state index in [0.29, 0.717) is 6.04 Å². The van der Waals surface area contributed by atoms with Gasteiger partial charge in [-0.25, -0.2) is 4.68 Å². The molecule has 1 atom stereocenters. The Bertz CT molecular complexity index is 475. The van der Waals surface area contributed by atoms with Crippen LogP contribution in [0.25, 0.3) is 5.69 Å². The highest BCUT2D eigenvalue weighted by atomic mass is 32.2. The van der Waals surface area contributed by atoms with E-state index in [9.17, 15) is 0 Å². The molecule has 1 saturated heterocycles. The topological polar surface area (TPSA) is 29.9 Å². The first-order valence-electron chi connectivity index (χ1n) is 5.87. The zero-order chi connectivity index (χ0) is 11.5. The van der Waals surface area contributed by atoms with E-state index in [-0.39, 0.29) is 0 Å². The van der Waals surface area contributed by atoms with E-state index in [2.05, 4.69) is 28.6 Å². The minimum atomic E-state index is 0.594. The highest BCUT2D eigenvalue weighted by Crippen LogP contribution is 2.25. The Morgan fingerprint density at radius 1 is 1.29 bits per heavy atom. The molecule has 0 aliphatic carbocycles. The van der Waals surface area contributed by atoms with Gasteiger partial charge in [-0.05, 0) is 30.4 Å². The third-order valence-electron chi connectivity index (χ3n) is 2.94. The Kier molecular flexibility index (Phi) is 3.05. The Morgan fingerprint density at radius 2 is 2.24 bits per heavy atom. The first-order chi connectivity index (χ1) is 8.43. The number of hydrogen-bond acceptors (Lipinski definition) is 3. The van der Waals surface area contributed by atoms with Crippen molar-refractivity contribution in [2.45, 2.75) is 12.5 Å². The van der Waals surface area contributed by atoms with Crippen LogP contribution in [-0.2, 0) is 0 Å². The normalized spacial score (nSPS) is 19.4. The minimum Gasteiger partial charge on any atom is -0.380 e. The minimum absolute atomic E-state index is 0.594. The number of anilines is 1. The smallest absolute Gasteiger partial charge is 0.0876 e. The van der Waals surface area contributed by atoms with Gasteiger partial charge in [0.2, 0.25) is 0 Å². The van der Waals surface area contributed by atoms with Crippen LogP contribution in [0.15, 0.2) is 42.7 Å². The lowest BCUT2D eigenvalue weighted by Crippen LogP contribution is -2.19. The number of thioether (sulfide) groups is 1. The van der Waals surface area contributed by atoms with Crippen LogP contribution < -0.4 is 5.32 Å². The van der Waals surface area contributed by atoms with Crippen LogP contribution in [0.1, 0.15) is 6.42 Å². The van der Waals surface area contributed by atoms with Crippen LogP contribution in [0.2, 0.25) is 0 Å². The SMILES string of the molecule is c1ccc(-n2cccn2)c(NC2CCSC2)c1. The third kappa shape index (κ3) is 2.31. The van der Waals surface area contributed by atoms with Gasteiger partial charge in [0.1, 0.15) is 0 Å². The van der Waals surface area contributed by atoms with Gasteiger partial charge in [0.25, 0.3) is 0 Å². The summed E-state index contributed by atoms with van der Waals surface area (Å²) in [4.78, 5) is 0. The fourth-order valence-corrected chi connectivity index (χ4v) is 3.23. The quantitative estimate of drug-likeness (QED) is 0.901. The summed E-state index contributed by atoms with van der Waals surface area (Å²) in [5.74, 6) is 2.47. The van der Waals surface area contributed by atoms with Crippen molar-refractivity contribution in [3.63, 3.8) is 0 Å². The summed E-state index contributed by atoms with van der Waals surface area (Å²) in [6, 6.07) is 10.9. The predicted octanol–water partition coefficient (Wildman–Crippen LogP) is 2.79. The van der Waals surface area contributed by atoms with Crippen molar-refractivity contribution >= 4 is 17.4 Å². The first kappa shape index (κ1) is 10.7. The Balaban J connectivity index is 1.88. The summed E-state index contributed by atoms with van der Waals surface area (Å²) < 4.78 is 1.91. The second-order valence-corrected chi connectivity index (χ2v) is 5.32.